The molecule has 0 aliphatic carbocycles. The molecule has 0 amide bonds. The number of benzene rings is 1. The van der Waals surface area contributed by atoms with Crippen LogP contribution < -0.4 is 5.30 Å². The van der Waals surface area contributed by atoms with E-state index in [-0.39, 0.29) is 7.61 Å². The van der Waals surface area contributed by atoms with Crippen molar-refractivity contribution in [2.24, 2.45) is 0 Å². The molecule has 0 nitrogen and oxygen atoms in total. The van der Waals surface area contributed by atoms with Crippen molar-refractivity contribution in [2.75, 3.05) is 6.66 Å². The normalized spacial score (nSPS) is 26.1. The van der Waals surface area contributed by atoms with Crippen LogP contribution in [0.4, 0.5) is 0 Å². The van der Waals surface area contributed by atoms with E-state index in [0.717, 1.165) is 0 Å². The fourth-order valence-electron chi connectivity index (χ4n) is 0.885. The van der Waals surface area contributed by atoms with Gasteiger partial charge in [0.1, 0.15) is 0 Å². The van der Waals surface area contributed by atoms with E-state index in [1.165, 1.54) is 0 Å². The SMILES string of the molecule is CP(c1ccccc1)P1P=P1. The van der Waals surface area contributed by atoms with Gasteiger partial charge in [-0.3, -0.25) is 0 Å². The Bertz CT molecular complexity index is 263. The molecule has 0 saturated carbocycles. The van der Waals surface area contributed by atoms with Crippen LogP contribution in [0.2, 0.25) is 0 Å². The van der Waals surface area contributed by atoms with Gasteiger partial charge in [-0.15, -0.1) is 0 Å². The Morgan fingerprint density at radius 1 is 1.18 bits per heavy atom. The van der Waals surface area contributed by atoms with Crippen LogP contribution in [-0.4, -0.2) is 6.66 Å². The van der Waals surface area contributed by atoms with E-state index in [9.17, 15) is 0 Å². The standard InChI is InChI=1S/C7H8P4/c1-10(11-8-9-11)7-5-3-2-4-6-7/h2-6H,1H3. The molecule has 4 heteroatoms. The molecule has 0 aromatic heterocycles. The van der Waals surface area contributed by atoms with Crippen LogP contribution in [-0.2, 0) is 0 Å². The van der Waals surface area contributed by atoms with Gasteiger partial charge < -0.3 is 0 Å². The van der Waals surface area contributed by atoms with Crippen molar-refractivity contribution in [3.8, 4) is 0 Å². The van der Waals surface area contributed by atoms with Gasteiger partial charge in [-0.05, 0) is 34.7 Å². The molecule has 0 spiro atoms. The highest BCUT2D eigenvalue weighted by Crippen LogP contribution is 2.97. The summed E-state index contributed by atoms with van der Waals surface area (Å²) in [6.45, 7) is 2.84. The van der Waals surface area contributed by atoms with Crippen molar-refractivity contribution in [3.05, 3.63) is 30.3 Å². The lowest BCUT2D eigenvalue weighted by atomic mass is 10.4. The number of hydrogen-bond donors (Lipinski definition) is 0. The summed E-state index contributed by atoms with van der Waals surface area (Å²) < 4.78 is 0. The van der Waals surface area contributed by atoms with E-state index in [4.69, 9.17) is 0 Å². The highest BCUT2D eigenvalue weighted by Gasteiger charge is 2.22. The third-order valence-corrected chi connectivity index (χ3v) is 19.0. The van der Waals surface area contributed by atoms with E-state index < -0.39 is 0 Å². The first-order valence-corrected chi connectivity index (χ1v) is 11.1. The monoisotopic (exact) mass is 216 g/mol. The molecule has 1 aliphatic heterocycles. The lowest BCUT2D eigenvalue weighted by Crippen LogP contribution is -1.93. The van der Waals surface area contributed by atoms with Gasteiger partial charge in [-0.25, -0.2) is 0 Å². The van der Waals surface area contributed by atoms with Crippen LogP contribution in [0, 0.1) is 0 Å². The molecule has 1 unspecified atom stereocenters. The van der Waals surface area contributed by atoms with Crippen LogP contribution in [0.1, 0.15) is 0 Å². The molecule has 0 bridgehead atoms. The summed E-state index contributed by atoms with van der Waals surface area (Å²) in [6, 6.07) is 11.0. The zero-order valence-electron chi connectivity index (χ0n) is 6.18. The van der Waals surface area contributed by atoms with E-state index in [0.29, 0.717) is 6.99 Å². The van der Waals surface area contributed by atoms with Gasteiger partial charge in [0.15, 0.2) is 0 Å². The summed E-state index contributed by atoms with van der Waals surface area (Å²) in [5.41, 5.74) is 0. The maximum Gasteiger partial charge on any atom is 0.0386 e. The Kier molecular flexibility index (Phi) is 2.71. The molecule has 0 radical (unpaired) electrons. The zero-order valence-corrected chi connectivity index (χ0v) is 9.75. The fourth-order valence-corrected chi connectivity index (χ4v) is 18.5. The third kappa shape index (κ3) is 2.08. The Hall–Kier alpha value is 0.680. The molecule has 1 aliphatic rings. The molecule has 1 aromatic carbocycles. The molecule has 11 heavy (non-hydrogen) atoms. The second kappa shape index (κ2) is 3.60. The molecule has 1 heterocycles. The fraction of sp³-hybridized carbons (Fsp3) is 0.143. The first-order valence-electron chi connectivity index (χ1n) is 3.38. The molecular weight excluding hydrogens is 208 g/mol. The zero-order chi connectivity index (χ0) is 7.68. The average molecular weight is 216 g/mol. The quantitative estimate of drug-likeness (QED) is 0.639. The third-order valence-electron chi connectivity index (χ3n) is 1.57. The lowest BCUT2D eigenvalue weighted by molar-refractivity contribution is 1.78. The predicted octanol–water partition coefficient (Wildman–Crippen LogP) is 4.47. The van der Waals surface area contributed by atoms with E-state index >= 15 is 0 Å². The molecule has 2 rings (SSSR count). The van der Waals surface area contributed by atoms with Gasteiger partial charge in [0.05, 0.1) is 0 Å². The summed E-state index contributed by atoms with van der Waals surface area (Å²) in [4.78, 5) is 0. The van der Waals surface area contributed by atoms with Crippen molar-refractivity contribution in [2.45, 2.75) is 0 Å². The minimum absolute atomic E-state index is 0.217. The first kappa shape index (κ1) is 8.29. The van der Waals surface area contributed by atoms with Crippen molar-refractivity contribution >= 4 is 35.0 Å². The molecule has 56 valence electrons. The average Bonchev–Trinajstić information content (AvgIpc) is 2.87. The summed E-state index contributed by atoms with van der Waals surface area (Å²) in [6.07, 6.45) is 0. The minimum Gasteiger partial charge on any atom is -0.0622 e. The van der Waals surface area contributed by atoms with Gasteiger partial charge in [0.25, 0.3) is 0 Å². The Morgan fingerprint density at radius 2 is 1.82 bits per heavy atom. The van der Waals surface area contributed by atoms with E-state index in [1.54, 1.807) is 20.4 Å². The maximum absolute atomic E-state index is 2.42. The second-order valence-corrected chi connectivity index (χ2v) is 17.3. The molecule has 1 aromatic rings. The summed E-state index contributed by atoms with van der Waals surface area (Å²) in [5.74, 6) is 0. The predicted molar refractivity (Wildman–Crippen MR) is 59.7 cm³/mol. The second-order valence-electron chi connectivity index (χ2n) is 2.31. The van der Waals surface area contributed by atoms with Crippen molar-refractivity contribution in [1.82, 2.24) is 0 Å². The summed E-state index contributed by atoms with van der Waals surface area (Å²) >= 11 is 0. The lowest BCUT2D eigenvalue weighted by Gasteiger charge is -2.08. The molecule has 0 fully saturated rings. The number of rotatable bonds is 2. The highest BCUT2D eigenvalue weighted by atomic mass is 33.0. The van der Waals surface area contributed by atoms with E-state index in [2.05, 4.69) is 37.0 Å². The molecule has 0 N–H and O–H groups in total. The van der Waals surface area contributed by atoms with Crippen molar-refractivity contribution in [1.29, 1.82) is 0 Å². The number of hydrogen-bond acceptors (Lipinski definition) is 0. The van der Waals surface area contributed by atoms with Gasteiger partial charge in [-0.2, -0.15) is 0 Å². The highest BCUT2D eigenvalue weighted by molar-refractivity contribution is 8.99. The summed E-state index contributed by atoms with van der Waals surface area (Å²) in [7, 11) is 3.65. The molecule has 1 atom stereocenters. The maximum atomic E-state index is 2.42. The van der Waals surface area contributed by atoms with Crippen LogP contribution in [0.5, 0.6) is 0 Å². The van der Waals surface area contributed by atoms with Gasteiger partial charge in [-0.1, -0.05) is 30.3 Å². The Balaban J connectivity index is 2.15. The Labute approximate surface area is 72.4 Å². The summed E-state index contributed by atoms with van der Waals surface area (Å²) in [5, 5.41) is 1.59. The molecule has 0 saturated heterocycles. The Morgan fingerprint density at radius 3 is 2.36 bits per heavy atom. The van der Waals surface area contributed by atoms with Crippen LogP contribution in [0.25, 0.3) is 0 Å². The van der Waals surface area contributed by atoms with E-state index in [1.807, 2.05) is 0 Å². The smallest absolute Gasteiger partial charge is 0.0386 e. The van der Waals surface area contributed by atoms with Crippen LogP contribution >= 0.6 is 29.7 Å². The van der Waals surface area contributed by atoms with Crippen LogP contribution in [0.15, 0.2) is 30.3 Å². The topological polar surface area (TPSA) is 0 Å². The first-order chi connectivity index (χ1) is 5.38. The van der Waals surface area contributed by atoms with Gasteiger partial charge in [0.2, 0.25) is 0 Å². The van der Waals surface area contributed by atoms with Crippen LogP contribution in [0.3, 0.4) is 0 Å². The van der Waals surface area contributed by atoms with Gasteiger partial charge >= 0.3 is 0 Å². The van der Waals surface area contributed by atoms with Gasteiger partial charge in [0, 0.05) is 6.99 Å². The minimum atomic E-state index is 0.217. The van der Waals surface area contributed by atoms with Crippen molar-refractivity contribution < 1.29 is 0 Å². The molecular formula is C7H8P4. The van der Waals surface area contributed by atoms with Crippen molar-refractivity contribution in [3.63, 3.8) is 0 Å². The largest absolute Gasteiger partial charge is 0.0622 e.